The number of carboxylic acids is 1. The molecule has 0 aliphatic carbocycles. The van der Waals surface area contributed by atoms with Crippen molar-refractivity contribution in [2.45, 2.75) is 52.1 Å². The number of aromatic nitrogens is 2. The molecule has 1 aliphatic rings. The van der Waals surface area contributed by atoms with Crippen molar-refractivity contribution >= 4 is 5.97 Å². The van der Waals surface area contributed by atoms with E-state index in [1.54, 1.807) is 12.1 Å². The molecule has 2 heterocycles. The molecule has 5 heteroatoms. The largest absolute Gasteiger partial charge is 0.478 e. The number of benzene rings is 1. The van der Waals surface area contributed by atoms with Gasteiger partial charge in [0.05, 0.1) is 23.0 Å². The molecule has 1 N–H and O–H groups in total. The lowest BCUT2D eigenvalue weighted by Gasteiger charge is -2.38. The molecule has 0 amide bonds. The summed E-state index contributed by atoms with van der Waals surface area (Å²) >= 11 is 0. The Morgan fingerprint density at radius 1 is 1.24 bits per heavy atom. The Morgan fingerprint density at radius 3 is 2.72 bits per heavy atom. The number of aromatic carboxylic acids is 1. The van der Waals surface area contributed by atoms with Gasteiger partial charge >= 0.3 is 5.97 Å². The molecule has 0 unspecified atom stereocenters. The van der Waals surface area contributed by atoms with Gasteiger partial charge in [0.1, 0.15) is 5.82 Å². The summed E-state index contributed by atoms with van der Waals surface area (Å²) in [7, 11) is 0. The van der Waals surface area contributed by atoms with Crippen LogP contribution < -0.4 is 0 Å². The van der Waals surface area contributed by atoms with Gasteiger partial charge in [-0.1, -0.05) is 24.6 Å². The summed E-state index contributed by atoms with van der Waals surface area (Å²) in [6, 6.07) is 9.72. The first-order chi connectivity index (χ1) is 12.0. The highest BCUT2D eigenvalue weighted by Gasteiger charge is 2.28. The van der Waals surface area contributed by atoms with Crippen molar-refractivity contribution in [1.29, 1.82) is 0 Å². The predicted octanol–water partition coefficient (Wildman–Crippen LogP) is 4.09. The molecule has 0 bridgehead atoms. The number of hydrogen-bond acceptors (Lipinski definition) is 4. The first kappa shape index (κ1) is 17.5. The topological polar surface area (TPSA) is 66.3 Å². The Hall–Kier alpha value is -2.27. The van der Waals surface area contributed by atoms with Gasteiger partial charge in [0.25, 0.3) is 0 Å². The van der Waals surface area contributed by atoms with Gasteiger partial charge in [0, 0.05) is 11.6 Å². The molecule has 0 saturated carbocycles. The van der Waals surface area contributed by atoms with E-state index in [0.29, 0.717) is 23.1 Å². The van der Waals surface area contributed by atoms with Gasteiger partial charge in [-0.25, -0.2) is 14.8 Å². The minimum absolute atomic E-state index is 0.270. The average molecular weight is 339 g/mol. The standard InChI is InChI=1S/C20H25N3O2/c1-13(2)23-11-7-6-10-19(23)18-12-17(21-14(3)22-18)15-8-4-5-9-16(15)20(24)25/h4-5,8-9,12-13,19H,6-7,10-11H2,1-3H3,(H,24,25)/t19-/m0/s1. The lowest BCUT2D eigenvalue weighted by atomic mass is 9.96. The summed E-state index contributed by atoms with van der Waals surface area (Å²) in [5, 5.41) is 9.48. The Labute approximate surface area is 148 Å². The Morgan fingerprint density at radius 2 is 2.00 bits per heavy atom. The molecule has 0 spiro atoms. The monoisotopic (exact) mass is 339 g/mol. The van der Waals surface area contributed by atoms with E-state index in [9.17, 15) is 9.90 Å². The smallest absolute Gasteiger partial charge is 0.336 e. The van der Waals surface area contributed by atoms with E-state index in [1.807, 2.05) is 25.1 Å². The van der Waals surface area contributed by atoms with Crippen molar-refractivity contribution in [3.8, 4) is 11.3 Å². The van der Waals surface area contributed by atoms with Crippen molar-refractivity contribution in [2.24, 2.45) is 0 Å². The van der Waals surface area contributed by atoms with Crippen molar-refractivity contribution in [2.75, 3.05) is 6.54 Å². The summed E-state index contributed by atoms with van der Waals surface area (Å²) in [5.41, 5.74) is 2.61. The third-order valence-electron chi connectivity index (χ3n) is 4.84. The van der Waals surface area contributed by atoms with Gasteiger partial charge in [-0.15, -0.1) is 0 Å². The zero-order chi connectivity index (χ0) is 18.0. The van der Waals surface area contributed by atoms with Gasteiger partial charge in [-0.3, -0.25) is 4.90 Å². The maximum absolute atomic E-state index is 11.6. The summed E-state index contributed by atoms with van der Waals surface area (Å²) in [4.78, 5) is 23.2. The van der Waals surface area contributed by atoms with Crippen LogP contribution in [0.3, 0.4) is 0 Å². The summed E-state index contributed by atoms with van der Waals surface area (Å²) in [6.45, 7) is 7.38. The molecule has 1 fully saturated rings. The molecule has 2 aromatic rings. The normalized spacial score (nSPS) is 18.5. The molecule has 1 atom stereocenters. The lowest BCUT2D eigenvalue weighted by Crippen LogP contribution is -2.39. The van der Waals surface area contributed by atoms with Crippen LogP contribution in [0, 0.1) is 6.92 Å². The number of likely N-dealkylation sites (tertiary alicyclic amines) is 1. The highest BCUT2D eigenvalue weighted by Crippen LogP contribution is 2.33. The van der Waals surface area contributed by atoms with Crippen LogP contribution in [0.2, 0.25) is 0 Å². The SMILES string of the molecule is Cc1nc(-c2ccccc2C(=O)O)cc([C@@H]2CCCCN2C(C)C)n1. The van der Waals surface area contributed by atoms with Crippen LogP contribution >= 0.6 is 0 Å². The summed E-state index contributed by atoms with van der Waals surface area (Å²) < 4.78 is 0. The van der Waals surface area contributed by atoms with Crippen LogP contribution in [0.5, 0.6) is 0 Å². The maximum atomic E-state index is 11.6. The van der Waals surface area contributed by atoms with E-state index in [0.717, 1.165) is 18.7 Å². The Bertz CT molecular complexity index is 773. The predicted molar refractivity (Wildman–Crippen MR) is 97.6 cm³/mol. The number of nitrogens with zero attached hydrogens (tertiary/aromatic N) is 3. The van der Waals surface area contributed by atoms with E-state index >= 15 is 0 Å². The second kappa shape index (κ2) is 7.31. The van der Waals surface area contributed by atoms with E-state index < -0.39 is 5.97 Å². The number of carboxylic acid groups (broad SMARTS) is 1. The van der Waals surface area contributed by atoms with Gasteiger partial charge < -0.3 is 5.11 Å². The molecule has 25 heavy (non-hydrogen) atoms. The first-order valence-electron chi connectivity index (χ1n) is 8.91. The van der Waals surface area contributed by atoms with Crippen molar-refractivity contribution in [1.82, 2.24) is 14.9 Å². The fourth-order valence-electron chi connectivity index (χ4n) is 3.68. The molecule has 3 rings (SSSR count). The zero-order valence-corrected chi connectivity index (χ0v) is 15.1. The second-order valence-corrected chi connectivity index (χ2v) is 6.92. The van der Waals surface area contributed by atoms with Crippen LogP contribution in [-0.2, 0) is 0 Å². The van der Waals surface area contributed by atoms with E-state index in [4.69, 9.17) is 0 Å². The van der Waals surface area contributed by atoms with Crippen LogP contribution in [0.4, 0.5) is 0 Å². The van der Waals surface area contributed by atoms with Crippen molar-refractivity contribution < 1.29 is 9.90 Å². The van der Waals surface area contributed by atoms with E-state index in [2.05, 4.69) is 28.7 Å². The number of aryl methyl sites for hydroxylation is 1. The summed E-state index contributed by atoms with van der Waals surface area (Å²) in [5.74, 6) is -0.253. The number of piperidine rings is 1. The Kier molecular flexibility index (Phi) is 5.13. The number of rotatable bonds is 4. The van der Waals surface area contributed by atoms with E-state index in [-0.39, 0.29) is 11.6 Å². The van der Waals surface area contributed by atoms with Crippen LogP contribution in [0.1, 0.15) is 61.0 Å². The number of carbonyl (C=O) groups is 1. The van der Waals surface area contributed by atoms with Gasteiger partial charge in [-0.05, 0) is 52.3 Å². The Balaban J connectivity index is 2.06. The molecular formula is C20H25N3O2. The lowest BCUT2D eigenvalue weighted by molar-refractivity contribution is 0.0697. The number of hydrogen-bond donors (Lipinski definition) is 1. The fraction of sp³-hybridized carbons (Fsp3) is 0.450. The van der Waals surface area contributed by atoms with Gasteiger partial charge in [0.15, 0.2) is 0 Å². The molecule has 132 valence electrons. The fourth-order valence-corrected chi connectivity index (χ4v) is 3.68. The van der Waals surface area contributed by atoms with Gasteiger partial charge in [0.2, 0.25) is 0 Å². The van der Waals surface area contributed by atoms with Crippen LogP contribution in [0.25, 0.3) is 11.3 Å². The van der Waals surface area contributed by atoms with Gasteiger partial charge in [-0.2, -0.15) is 0 Å². The van der Waals surface area contributed by atoms with Crippen LogP contribution in [0.15, 0.2) is 30.3 Å². The third-order valence-corrected chi connectivity index (χ3v) is 4.84. The molecule has 1 saturated heterocycles. The first-order valence-corrected chi connectivity index (χ1v) is 8.91. The van der Waals surface area contributed by atoms with Crippen LogP contribution in [-0.4, -0.2) is 38.5 Å². The second-order valence-electron chi connectivity index (χ2n) is 6.92. The van der Waals surface area contributed by atoms with Crippen molar-refractivity contribution in [3.63, 3.8) is 0 Å². The molecule has 1 aromatic carbocycles. The quantitative estimate of drug-likeness (QED) is 0.909. The molecule has 1 aromatic heterocycles. The molecule has 1 aliphatic heterocycles. The molecule has 0 radical (unpaired) electrons. The molecular weight excluding hydrogens is 314 g/mol. The minimum Gasteiger partial charge on any atom is -0.478 e. The zero-order valence-electron chi connectivity index (χ0n) is 15.1. The summed E-state index contributed by atoms with van der Waals surface area (Å²) in [6.07, 6.45) is 3.49. The minimum atomic E-state index is -0.935. The molecule has 5 nitrogen and oxygen atoms in total. The van der Waals surface area contributed by atoms with Crippen molar-refractivity contribution in [3.05, 3.63) is 47.4 Å². The third kappa shape index (κ3) is 3.71. The average Bonchev–Trinajstić information content (AvgIpc) is 2.61. The maximum Gasteiger partial charge on any atom is 0.336 e. The highest BCUT2D eigenvalue weighted by atomic mass is 16.4. The van der Waals surface area contributed by atoms with E-state index in [1.165, 1.54) is 12.8 Å². The highest BCUT2D eigenvalue weighted by molar-refractivity contribution is 5.95.